The van der Waals surface area contributed by atoms with Crippen LogP contribution in [0.4, 0.5) is 5.82 Å². The molecule has 0 saturated carbocycles. The predicted octanol–water partition coefficient (Wildman–Crippen LogP) is 4.58. The van der Waals surface area contributed by atoms with E-state index in [1.165, 1.54) is 12.4 Å². The number of para-hydroxylation sites is 1. The van der Waals surface area contributed by atoms with Crippen molar-refractivity contribution < 1.29 is 9.53 Å². The number of piperidine rings is 1. The van der Waals surface area contributed by atoms with E-state index < -0.39 is 0 Å². The van der Waals surface area contributed by atoms with Gasteiger partial charge in [0.25, 0.3) is 0 Å². The van der Waals surface area contributed by atoms with Crippen molar-refractivity contribution in [1.29, 1.82) is 5.41 Å². The fourth-order valence-corrected chi connectivity index (χ4v) is 4.00. The van der Waals surface area contributed by atoms with E-state index in [9.17, 15) is 4.79 Å². The standard InChI is InChI=1S/C26H27N5O2/c1-3-24(32)31-13-7-8-19(16-31)30-26-23(15-28-17-29-26)25(27)22-12-11-21(14-18(22)2)33-20-9-5-4-6-10-20/h3-6,9-12,14-15,17,19,27H,1,7-8,13,16H2,2H3,(H,28,29,30). The van der Waals surface area contributed by atoms with Gasteiger partial charge >= 0.3 is 0 Å². The van der Waals surface area contributed by atoms with Crippen molar-refractivity contribution in [3.8, 4) is 11.5 Å². The minimum absolute atomic E-state index is 0.0480. The van der Waals surface area contributed by atoms with Crippen LogP contribution < -0.4 is 10.1 Å². The summed E-state index contributed by atoms with van der Waals surface area (Å²) in [5, 5.41) is 12.3. The fraction of sp³-hybridized carbons (Fsp3) is 0.231. The topological polar surface area (TPSA) is 91.2 Å². The smallest absolute Gasteiger partial charge is 0.246 e. The molecule has 1 atom stereocenters. The molecule has 0 radical (unpaired) electrons. The lowest BCUT2D eigenvalue weighted by Crippen LogP contribution is -2.44. The Morgan fingerprint density at radius 1 is 1.21 bits per heavy atom. The molecular formula is C26H27N5O2. The number of likely N-dealkylation sites (tertiary alicyclic amines) is 1. The Hall–Kier alpha value is -4.00. The SMILES string of the molecule is C=CC(=O)N1CCCC(Nc2ncncc2C(=N)c2ccc(Oc3ccccc3)cc2C)C1. The molecule has 2 heterocycles. The van der Waals surface area contributed by atoms with Crippen molar-refractivity contribution in [3.63, 3.8) is 0 Å². The first-order chi connectivity index (χ1) is 16.0. The summed E-state index contributed by atoms with van der Waals surface area (Å²) in [6.07, 6.45) is 6.29. The Bertz CT molecular complexity index is 1160. The van der Waals surface area contributed by atoms with Gasteiger partial charge in [0.05, 0.1) is 11.3 Å². The van der Waals surface area contributed by atoms with Crippen LogP contribution in [0, 0.1) is 12.3 Å². The number of rotatable bonds is 7. The zero-order valence-electron chi connectivity index (χ0n) is 18.6. The zero-order valence-corrected chi connectivity index (χ0v) is 18.6. The van der Waals surface area contributed by atoms with E-state index in [1.807, 2.05) is 55.5 Å². The number of nitrogens with one attached hydrogen (secondary N) is 2. The van der Waals surface area contributed by atoms with Gasteiger partial charge in [0, 0.05) is 30.9 Å². The molecule has 1 unspecified atom stereocenters. The molecular weight excluding hydrogens is 414 g/mol. The third-order valence-electron chi connectivity index (χ3n) is 5.68. The van der Waals surface area contributed by atoms with Gasteiger partial charge in [-0.1, -0.05) is 24.8 Å². The summed E-state index contributed by atoms with van der Waals surface area (Å²) in [5.41, 5.74) is 2.64. The van der Waals surface area contributed by atoms with Crippen molar-refractivity contribution >= 4 is 17.4 Å². The molecule has 7 nitrogen and oxygen atoms in total. The van der Waals surface area contributed by atoms with Crippen LogP contribution in [0.3, 0.4) is 0 Å². The highest BCUT2D eigenvalue weighted by molar-refractivity contribution is 6.14. The highest BCUT2D eigenvalue weighted by Crippen LogP contribution is 2.26. The second-order valence-electron chi connectivity index (χ2n) is 8.02. The average molecular weight is 442 g/mol. The van der Waals surface area contributed by atoms with Gasteiger partial charge in [-0.15, -0.1) is 0 Å². The number of hydrogen-bond acceptors (Lipinski definition) is 6. The summed E-state index contributed by atoms with van der Waals surface area (Å²) >= 11 is 0. The first-order valence-corrected chi connectivity index (χ1v) is 11.0. The van der Waals surface area contributed by atoms with Gasteiger partial charge in [0.15, 0.2) is 0 Å². The quantitative estimate of drug-likeness (QED) is 0.414. The van der Waals surface area contributed by atoms with E-state index in [0.717, 1.165) is 36.3 Å². The summed E-state index contributed by atoms with van der Waals surface area (Å²) in [6, 6.07) is 15.3. The lowest BCUT2D eigenvalue weighted by Gasteiger charge is -2.33. The minimum atomic E-state index is -0.0643. The van der Waals surface area contributed by atoms with Gasteiger partial charge in [-0.2, -0.15) is 0 Å². The van der Waals surface area contributed by atoms with Crippen LogP contribution in [0.2, 0.25) is 0 Å². The highest BCUT2D eigenvalue weighted by atomic mass is 16.5. The summed E-state index contributed by atoms with van der Waals surface area (Å²) in [4.78, 5) is 22.4. The second kappa shape index (κ2) is 10.1. The number of nitrogens with zero attached hydrogens (tertiary/aromatic N) is 3. The minimum Gasteiger partial charge on any atom is -0.457 e. The van der Waals surface area contributed by atoms with Gasteiger partial charge in [0.2, 0.25) is 5.91 Å². The van der Waals surface area contributed by atoms with Crippen LogP contribution in [0.1, 0.15) is 29.5 Å². The lowest BCUT2D eigenvalue weighted by molar-refractivity contribution is -0.127. The summed E-state index contributed by atoms with van der Waals surface area (Å²) in [5.74, 6) is 2.01. The lowest BCUT2D eigenvalue weighted by atomic mass is 9.98. The van der Waals surface area contributed by atoms with Crippen LogP contribution in [-0.4, -0.2) is 45.6 Å². The molecule has 0 aliphatic carbocycles. The molecule has 7 heteroatoms. The van der Waals surface area contributed by atoms with Crippen LogP contribution in [0.5, 0.6) is 11.5 Å². The van der Waals surface area contributed by atoms with E-state index in [4.69, 9.17) is 10.1 Å². The average Bonchev–Trinajstić information content (AvgIpc) is 2.84. The molecule has 3 aromatic rings. The van der Waals surface area contributed by atoms with Gasteiger partial charge in [-0.3, -0.25) is 10.2 Å². The molecule has 1 aliphatic heterocycles. The Morgan fingerprint density at radius 3 is 2.79 bits per heavy atom. The molecule has 0 bridgehead atoms. The Morgan fingerprint density at radius 2 is 2.03 bits per heavy atom. The van der Waals surface area contributed by atoms with E-state index in [0.29, 0.717) is 29.4 Å². The molecule has 1 saturated heterocycles. The van der Waals surface area contributed by atoms with Gasteiger partial charge in [-0.05, 0) is 61.7 Å². The van der Waals surface area contributed by atoms with E-state index in [-0.39, 0.29) is 11.9 Å². The molecule has 1 fully saturated rings. The van der Waals surface area contributed by atoms with E-state index in [1.54, 1.807) is 11.1 Å². The van der Waals surface area contributed by atoms with Crippen molar-refractivity contribution in [1.82, 2.24) is 14.9 Å². The molecule has 2 N–H and O–H groups in total. The largest absolute Gasteiger partial charge is 0.457 e. The van der Waals surface area contributed by atoms with Crippen molar-refractivity contribution in [2.45, 2.75) is 25.8 Å². The normalized spacial score (nSPS) is 15.5. The van der Waals surface area contributed by atoms with Gasteiger partial charge in [0.1, 0.15) is 23.6 Å². The predicted molar refractivity (Wildman–Crippen MR) is 129 cm³/mol. The summed E-state index contributed by atoms with van der Waals surface area (Å²) in [7, 11) is 0. The Balaban J connectivity index is 1.52. The van der Waals surface area contributed by atoms with Gasteiger partial charge < -0.3 is 15.0 Å². The van der Waals surface area contributed by atoms with E-state index >= 15 is 0 Å². The van der Waals surface area contributed by atoms with Crippen LogP contribution in [0.15, 0.2) is 73.7 Å². The highest BCUT2D eigenvalue weighted by Gasteiger charge is 2.24. The maximum absolute atomic E-state index is 12.0. The Labute approximate surface area is 193 Å². The molecule has 2 aromatic carbocycles. The number of carbonyl (C=O) groups excluding carboxylic acids is 1. The summed E-state index contributed by atoms with van der Waals surface area (Å²) in [6.45, 7) is 6.84. The number of benzene rings is 2. The summed E-state index contributed by atoms with van der Waals surface area (Å²) < 4.78 is 5.92. The first-order valence-electron chi connectivity index (χ1n) is 11.0. The van der Waals surface area contributed by atoms with E-state index in [2.05, 4.69) is 21.9 Å². The number of aryl methyl sites for hydroxylation is 1. The maximum Gasteiger partial charge on any atom is 0.246 e. The van der Waals surface area contributed by atoms with Crippen LogP contribution in [0.25, 0.3) is 0 Å². The zero-order chi connectivity index (χ0) is 23.2. The number of anilines is 1. The van der Waals surface area contributed by atoms with Gasteiger partial charge in [-0.25, -0.2) is 9.97 Å². The van der Waals surface area contributed by atoms with Crippen LogP contribution in [-0.2, 0) is 4.79 Å². The van der Waals surface area contributed by atoms with Crippen LogP contribution >= 0.6 is 0 Å². The molecule has 1 aliphatic rings. The Kier molecular flexibility index (Phi) is 6.78. The molecule has 1 aromatic heterocycles. The number of ether oxygens (including phenoxy) is 1. The molecule has 1 amide bonds. The molecule has 4 rings (SSSR count). The van der Waals surface area contributed by atoms with Crippen molar-refractivity contribution in [2.24, 2.45) is 0 Å². The third kappa shape index (κ3) is 5.26. The number of aromatic nitrogens is 2. The molecule has 33 heavy (non-hydrogen) atoms. The molecule has 0 spiro atoms. The number of carbonyl (C=O) groups is 1. The maximum atomic E-state index is 12.0. The fourth-order valence-electron chi connectivity index (χ4n) is 4.00. The van der Waals surface area contributed by atoms with Crippen molar-refractivity contribution in [3.05, 3.63) is 90.4 Å². The monoisotopic (exact) mass is 441 g/mol. The molecule has 168 valence electrons. The first kappa shape index (κ1) is 22.2. The number of amides is 1. The number of hydrogen-bond donors (Lipinski definition) is 2. The third-order valence-corrected chi connectivity index (χ3v) is 5.68. The second-order valence-corrected chi connectivity index (χ2v) is 8.02. The van der Waals surface area contributed by atoms with Crippen molar-refractivity contribution in [2.75, 3.05) is 18.4 Å².